The van der Waals surface area contributed by atoms with Crippen molar-refractivity contribution < 1.29 is 9.53 Å². The molecule has 0 aliphatic rings. The highest BCUT2D eigenvalue weighted by Crippen LogP contribution is 2.13. The van der Waals surface area contributed by atoms with Crippen LogP contribution in [0.4, 0.5) is 0 Å². The molecule has 0 spiro atoms. The van der Waals surface area contributed by atoms with Crippen LogP contribution < -0.4 is 4.74 Å². The van der Waals surface area contributed by atoms with Crippen molar-refractivity contribution in [3.8, 4) is 5.75 Å². The Labute approximate surface area is 74.7 Å². The third-order valence-electron chi connectivity index (χ3n) is 1.81. The van der Waals surface area contributed by atoms with E-state index in [2.05, 4.69) is 5.10 Å². The van der Waals surface area contributed by atoms with Crippen molar-refractivity contribution in [2.45, 2.75) is 0 Å². The number of carbonyl (C=O) groups excluding carboxylic acids is 1. The second-order valence-electron chi connectivity index (χ2n) is 2.62. The first-order valence-electron chi connectivity index (χ1n) is 3.82. The number of fused-ring (bicyclic) bond motifs is 1. The van der Waals surface area contributed by atoms with Gasteiger partial charge in [-0.25, -0.2) is 4.52 Å². The van der Waals surface area contributed by atoms with Crippen LogP contribution in [0.2, 0.25) is 0 Å². The van der Waals surface area contributed by atoms with Crippen LogP contribution in [0.15, 0.2) is 24.4 Å². The fraction of sp³-hybridized carbons (Fsp3) is 0.111. The van der Waals surface area contributed by atoms with Gasteiger partial charge in [-0.1, -0.05) is 0 Å². The van der Waals surface area contributed by atoms with Crippen LogP contribution in [-0.2, 0) is 0 Å². The topological polar surface area (TPSA) is 43.6 Å². The zero-order valence-corrected chi connectivity index (χ0v) is 7.10. The van der Waals surface area contributed by atoms with Crippen LogP contribution in [-0.4, -0.2) is 23.0 Å². The SMILES string of the molecule is COc1ccn2nc(C=O)cc2c1. The number of carbonyl (C=O) groups is 1. The number of pyridine rings is 1. The van der Waals surface area contributed by atoms with Gasteiger partial charge in [-0.3, -0.25) is 4.79 Å². The third kappa shape index (κ3) is 1.26. The van der Waals surface area contributed by atoms with E-state index in [4.69, 9.17) is 4.74 Å². The number of hydrogen-bond donors (Lipinski definition) is 0. The maximum Gasteiger partial charge on any atom is 0.170 e. The first-order valence-corrected chi connectivity index (χ1v) is 3.82. The van der Waals surface area contributed by atoms with Crippen LogP contribution in [0.5, 0.6) is 5.75 Å². The standard InChI is InChI=1S/C9H8N2O2/c1-13-9-2-3-11-8(5-9)4-7(6-12)10-11/h2-6H,1H3. The lowest BCUT2D eigenvalue weighted by molar-refractivity contribution is 0.111. The average molecular weight is 176 g/mol. The number of hydrogen-bond acceptors (Lipinski definition) is 3. The zero-order valence-electron chi connectivity index (χ0n) is 7.10. The average Bonchev–Trinajstić information content (AvgIpc) is 2.58. The third-order valence-corrected chi connectivity index (χ3v) is 1.81. The van der Waals surface area contributed by atoms with Crippen LogP contribution in [0.1, 0.15) is 10.5 Å². The molecule has 2 aromatic rings. The second kappa shape index (κ2) is 2.90. The molecule has 0 bridgehead atoms. The summed E-state index contributed by atoms with van der Waals surface area (Å²) in [6, 6.07) is 5.31. The molecule has 0 fully saturated rings. The summed E-state index contributed by atoms with van der Waals surface area (Å²) in [6.07, 6.45) is 2.47. The van der Waals surface area contributed by atoms with E-state index in [1.807, 2.05) is 6.07 Å². The highest BCUT2D eigenvalue weighted by Gasteiger charge is 2.00. The maximum atomic E-state index is 10.4. The number of nitrogens with zero attached hydrogens (tertiary/aromatic N) is 2. The number of methoxy groups -OCH3 is 1. The van der Waals surface area contributed by atoms with Crippen molar-refractivity contribution in [3.63, 3.8) is 0 Å². The van der Waals surface area contributed by atoms with Crippen molar-refractivity contribution in [2.75, 3.05) is 7.11 Å². The highest BCUT2D eigenvalue weighted by atomic mass is 16.5. The van der Waals surface area contributed by atoms with E-state index >= 15 is 0 Å². The summed E-state index contributed by atoms with van der Waals surface area (Å²) in [6.45, 7) is 0. The molecule has 0 saturated carbocycles. The predicted molar refractivity (Wildman–Crippen MR) is 47.1 cm³/mol. The Bertz CT molecular complexity index is 448. The largest absolute Gasteiger partial charge is 0.497 e. The lowest BCUT2D eigenvalue weighted by Gasteiger charge is -1.98. The summed E-state index contributed by atoms with van der Waals surface area (Å²) in [5.74, 6) is 0.754. The highest BCUT2D eigenvalue weighted by molar-refractivity contribution is 5.75. The Hall–Kier alpha value is -1.84. The molecule has 0 aromatic carbocycles. The lowest BCUT2D eigenvalue weighted by atomic mass is 10.3. The molecule has 0 unspecified atom stereocenters. The van der Waals surface area contributed by atoms with Gasteiger partial charge in [0.25, 0.3) is 0 Å². The van der Waals surface area contributed by atoms with Crippen molar-refractivity contribution in [1.82, 2.24) is 9.61 Å². The molecule has 2 aromatic heterocycles. The predicted octanol–water partition coefficient (Wildman–Crippen LogP) is 1.16. The van der Waals surface area contributed by atoms with E-state index in [0.717, 1.165) is 17.6 Å². The molecular formula is C9H8N2O2. The summed E-state index contributed by atoms with van der Waals surface area (Å²) in [5, 5.41) is 4.00. The minimum Gasteiger partial charge on any atom is -0.497 e. The van der Waals surface area contributed by atoms with E-state index in [-0.39, 0.29) is 0 Å². The molecule has 4 nitrogen and oxygen atoms in total. The van der Waals surface area contributed by atoms with Gasteiger partial charge in [-0.15, -0.1) is 0 Å². The first kappa shape index (κ1) is 7.79. The smallest absolute Gasteiger partial charge is 0.170 e. The first-order chi connectivity index (χ1) is 6.33. The van der Waals surface area contributed by atoms with Gasteiger partial charge in [0.05, 0.1) is 12.6 Å². The van der Waals surface area contributed by atoms with E-state index in [0.29, 0.717) is 5.69 Å². The van der Waals surface area contributed by atoms with Crippen LogP contribution >= 0.6 is 0 Å². The zero-order chi connectivity index (χ0) is 9.26. The molecule has 0 radical (unpaired) electrons. The molecule has 0 aliphatic carbocycles. The van der Waals surface area contributed by atoms with Crippen molar-refractivity contribution >= 4 is 11.8 Å². The Morgan fingerprint density at radius 1 is 1.54 bits per heavy atom. The number of rotatable bonds is 2. The Balaban J connectivity index is 2.63. The monoisotopic (exact) mass is 176 g/mol. The lowest BCUT2D eigenvalue weighted by Crippen LogP contribution is -1.88. The molecule has 2 rings (SSSR count). The molecule has 13 heavy (non-hydrogen) atoms. The van der Waals surface area contributed by atoms with Crippen LogP contribution in [0, 0.1) is 0 Å². The summed E-state index contributed by atoms with van der Waals surface area (Å²) in [5.41, 5.74) is 1.27. The Morgan fingerprint density at radius 2 is 2.38 bits per heavy atom. The summed E-state index contributed by atoms with van der Waals surface area (Å²) in [4.78, 5) is 10.4. The van der Waals surface area contributed by atoms with Crippen molar-refractivity contribution in [2.24, 2.45) is 0 Å². The second-order valence-corrected chi connectivity index (χ2v) is 2.62. The van der Waals surface area contributed by atoms with Gasteiger partial charge in [-0.2, -0.15) is 5.10 Å². The molecule has 4 heteroatoms. The Morgan fingerprint density at radius 3 is 3.08 bits per heavy atom. The molecule has 0 aliphatic heterocycles. The van der Waals surface area contributed by atoms with Gasteiger partial charge in [0.1, 0.15) is 11.4 Å². The molecule has 0 amide bonds. The summed E-state index contributed by atoms with van der Waals surface area (Å²) >= 11 is 0. The number of ether oxygens (including phenoxy) is 1. The van der Waals surface area contributed by atoms with Gasteiger partial charge in [0.15, 0.2) is 6.29 Å². The van der Waals surface area contributed by atoms with E-state index in [1.54, 1.807) is 30.0 Å². The van der Waals surface area contributed by atoms with Gasteiger partial charge >= 0.3 is 0 Å². The van der Waals surface area contributed by atoms with Crippen LogP contribution in [0.25, 0.3) is 5.52 Å². The van der Waals surface area contributed by atoms with Gasteiger partial charge in [-0.05, 0) is 12.1 Å². The van der Waals surface area contributed by atoms with Gasteiger partial charge in [0.2, 0.25) is 0 Å². The van der Waals surface area contributed by atoms with Crippen molar-refractivity contribution in [3.05, 3.63) is 30.1 Å². The quantitative estimate of drug-likeness (QED) is 0.645. The summed E-state index contributed by atoms with van der Waals surface area (Å²) < 4.78 is 6.67. The maximum absolute atomic E-state index is 10.4. The molecular weight excluding hydrogens is 168 g/mol. The summed E-state index contributed by atoms with van der Waals surface area (Å²) in [7, 11) is 1.60. The molecule has 66 valence electrons. The number of aldehydes is 1. The molecule has 2 heterocycles. The number of aromatic nitrogens is 2. The van der Waals surface area contributed by atoms with E-state index in [1.165, 1.54) is 0 Å². The fourth-order valence-electron chi connectivity index (χ4n) is 1.18. The van der Waals surface area contributed by atoms with Crippen molar-refractivity contribution in [1.29, 1.82) is 0 Å². The Kier molecular flexibility index (Phi) is 1.73. The normalized spacial score (nSPS) is 10.2. The molecule has 0 atom stereocenters. The minimum atomic E-state index is 0.424. The van der Waals surface area contributed by atoms with Gasteiger partial charge in [0, 0.05) is 12.3 Å². The van der Waals surface area contributed by atoms with E-state index < -0.39 is 0 Å². The van der Waals surface area contributed by atoms with Crippen LogP contribution in [0.3, 0.4) is 0 Å². The molecule has 0 N–H and O–H groups in total. The van der Waals surface area contributed by atoms with E-state index in [9.17, 15) is 4.79 Å². The fourth-order valence-corrected chi connectivity index (χ4v) is 1.18. The molecule has 0 saturated heterocycles. The van der Waals surface area contributed by atoms with Gasteiger partial charge < -0.3 is 4.74 Å². The minimum absolute atomic E-state index is 0.424.